The standard InChI is InChI=1S/C5H8F2O2S/c1-10-3-5(6,7)2-4(8)9/h2-3H2,1H3,(H,8,9). The van der Waals surface area contributed by atoms with Crippen LogP contribution in [0.5, 0.6) is 0 Å². The summed E-state index contributed by atoms with van der Waals surface area (Å²) >= 11 is 0.937. The highest BCUT2D eigenvalue weighted by molar-refractivity contribution is 7.98. The van der Waals surface area contributed by atoms with Gasteiger partial charge < -0.3 is 5.11 Å². The Kier molecular flexibility index (Phi) is 3.63. The molecule has 5 heteroatoms. The van der Waals surface area contributed by atoms with Crippen molar-refractivity contribution in [2.75, 3.05) is 12.0 Å². The molecule has 0 bridgehead atoms. The zero-order chi connectivity index (χ0) is 8.20. The maximum absolute atomic E-state index is 12.3. The number of carboxylic acids is 1. The van der Waals surface area contributed by atoms with E-state index in [0.29, 0.717) is 0 Å². The molecular weight excluding hydrogens is 162 g/mol. The van der Waals surface area contributed by atoms with E-state index in [1.54, 1.807) is 0 Å². The third-order valence-corrected chi connectivity index (χ3v) is 1.48. The van der Waals surface area contributed by atoms with Crippen molar-refractivity contribution in [2.24, 2.45) is 0 Å². The first-order valence-electron chi connectivity index (χ1n) is 2.56. The van der Waals surface area contributed by atoms with Gasteiger partial charge in [0.05, 0.1) is 5.75 Å². The second-order valence-corrected chi connectivity index (χ2v) is 2.73. The molecule has 0 atom stereocenters. The summed E-state index contributed by atoms with van der Waals surface area (Å²) in [6.45, 7) is 0. The van der Waals surface area contributed by atoms with Crippen LogP contribution in [0.4, 0.5) is 8.78 Å². The van der Waals surface area contributed by atoms with E-state index in [2.05, 4.69) is 0 Å². The van der Waals surface area contributed by atoms with Gasteiger partial charge in [0.25, 0.3) is 5.92 Å². The van der Waals surface area contributed by atoms with Crippen molar-refractivity contribution >= 4 is 17.7 Å². The molecule has 10 heavy (non-hydrogen) atoms. The number of hydrogen-bond donors (Lipinski definition) is 1. The van der Waals surface area contributed by atoms with Crippen LogP contribution in [0.15, 0.2) is 0 Å². The predicted molar refractivity (Wildman–Crippen MR) is 35.6 cm³/mol. The monoisotopic (exact) mass is 170 g/mol. The van der Waals surface area contributed by atoms with Crippen LogP contribution in [0, 0.1) is 0 Å². The van der Waals surface area contributed by atoms with Crippen LogP contribution >= 0.6 is 11.8 Å². The first-order chi connectivity index (χ1) is 4.48. The average molecular weight is 170 g/mol. The van der Waals surface area contributed by atoms with Crippen LogP contribution < -0.4 is 0 Å². The molecule has 2 nitrogen and oxygen atoms in total. The fraction of sp³-hybridized carbons (Fsp3) is 0.800. The van der Waals surface area contributed by atoms with E-state index in [0.717, 1.165) is 11.8 Å². The Balaban J connectivity index is 3.74. The van der Waals surface area contributed by atoms with Crippen LogP contribution in [0.1, 0.15) is 6.42 Å². The van der Waals surface area contributed by atoms with Gasteiger partial charge in [0.1, 0.15) is 6.42 Å². The number of alkyl halides is 2. The van der Waals surface area contributed by atoms with Gasteiger partial charge in [-0.05, 0) is 6.26 Å². The minimum Gasteiger partial charge on any atom is -0.481 e. The van der Waals surface area contributed by atoms with E-state index in [9.17, 15) is 13.6 Å². The Morgan fingerprint density at radius 3 is 2.50 bits per heavy atom. The molecular formula is C5H8F2O2S. The highest BCUT2D eigenvalue weighted by atomic mass is 32.2. The number of hydrogen-bond acceptors (Lipinski definition) is 2. The Hall–Kier alpha value is -0.320. The lowest BCUT2D eigenvalue weighted by atomic mass is 10.3. The fourth-order valence-electron chi connectivity index (χ4n) is 0.483. The van der Waals surface area contributed by atoms with Crippen LogP contribution in [-0.4, -0.2) is 29.0 Å². The molecule has 1 N–H and O–H groups in total. The zero-order valence-corrected chi connectivity index (χ0v) is 6.25. The number of carbonyl (C=O) groups is 1. The number of thioether (sulfide) groups is 1. The molecule has 60 valence electrons. The maximum atomic E-state index is 12.3. The van der Waals surface area contributed by atoms with Crippen molar-refractivity contribution in [3.05, 3.63) is 0 Å². The molecule has 0 aromatic carbocycles. The molecule has 0 fully saturated rings. The zero-order valence-electron chi connectivity index (χ0n) is 5.43. The first-order valence-corrected chi connectivity index (χ1v) is 3.96. The van der Waals surface area contributed by atoms with Gasteiger partial charge in [0.15, 0.2) is 0 Å². The summed E-state index contributed by atoms with van der Waals surface area (Å²) in [6.07, 6.45) is 0.434. The van der Waals surface area contributed by atoms with E-state index in [4.69, 9.17) is 5.11 Å². The smallest absolute Gasteiger partial charge is 0.309 e. The summed E-state index contributed by atoms with van der Waals surface area (Å²) < 4.78 is 24.5. The lowest BCUT2D eigenvalue weighted by Crippen LogP contribution is -2.23. The third kappa shape index (κ3) is 4.55. The lowest BCUT2D eigenvalue weighted by molar-refractivity contribution is -0.143. The Morgan fingerprint density at radius 1 is 1.70 bits per heavy atom. The lowest BCUT2D eigenvalue weighted by Gasteiger charge is -2.10. The minimum atomic E-state index is -3.06. The third-order valence-electron chi connectivity index (χ3n) is 0.765. The van der Waals surface area contributed by atoms with Gasteiger partial charge in [-0.3, -0.25) is 4.79 Å². The van der Waals surface area contributed by atoms with Crippen molar-refractivity contribution in [1.29, 1.82) is 0 Å². The molecule has 0 saturated heterocycles. The number of aliphatic carboxylic acids is 1. The first kappa shape index (κ1) is 9.68. The van der Waals surface area contributed by atoms with Gasteiger partial charge in [0, 0.05) is 0 Å². The predicted octanol–water partition coefficient (Wildman–Crippen LogP) is 1.46. The van der Waals surface area contributed by atoms with Crippen molar-refractivity contribution < 1.29 is 18.7 Å². The second-order valence-electron chi connectivity index (χ2n) is 1.86. The maximum Gasteiger partial charge on any atom is 0.309 e. The van der Waals surface area contributed by atoms with Crippen molar-refractivity contribution in [1.82, 2.24) is 0 Å². The van der Waals surface area contributed by atoms with Crippen LogP contribution in [0.3, 0.4) is 0 Å². The van der Waals surface area contributed by atoms with Crippen molar-refractivity contribution in [3.8, 4) is 0 Å². The Labute approximate surface area is 61.6 Å². The molecule has 0 aromatic heterocycles. The van der Waals surface area contributed by atoms with Gasteiger partial charge in [-0.25, -0.2) is 8.78 Å². The van der Waals surface area contributed by atoms with E-state index in [1.165, 1.54) is 6.26 Å². The SMILES string of the molecule is CSCC(F)(F)CC(=O)O. The molecule has 0 aliphatic heterocycles. The highest BCUT2D eigenvalue weighted by Crippen LogP contribution is 2.22. The van der Waals surface area contributed by atoms with Crippen molar-refractivity contribution in [3.63, 3.8) is 0 Å². The van der Waals surface area contributed by atoms with Gasteiger partial charge in [-0.1, -0.05) is 0 Å². The number of carboxylic acid groups (broad SMARTS) is 1. The molecule has 0 aliphatic carbocycles. The van der Waals surface area contributed by atoms with Crippen LogP contribution in [-0.2, 0) is 4.79 Å². The molecule has 0 unspecified atom stereocenters. The molecule has 0 amide bonds. The van der Waals surface area contributed by atoms with E-state index >= 15 is 0 Å². The highest BCUT2D eigenvalue weighted by Gasteiger charge is 2.31. The summed E-state index contributed by atoms with van der Waals surface area (Å²) in [7, 11) is 0. The molecule has 0 aromatic rings. The van der Waals surface area contributed by atoms with Gasteiger partial charge >= 0.3 is 5.97 Å². The number of rotatable bonds is 4. The summed E-state index contributed by atoms with van der Waals surface area (Å²) in [6, 6.07) is 0. The molecule has 0 heterocycles. The van der Waals surface area contributed by atoms with Crippen molar-refractivity contribution in [2.45, 2.75) is 12.3 Å². The second kappa shape index (κ2) is 3.75. The molecule has 0 saturated carbocycles. The summed E-state index contributed by atoms with van der Waals surface area (Å²) in [4.78, 5) is 9.80. The topological polar surface area (TPSA) is 37.3 Å². The average Bonchev–Trinajstić information content (AvgIpc) is 1.59. The van der Waals surface area contributed by atoms with Gasteiger partial charge in [-0.2, -0.15) is 11.8 Å². The van der Waals surface area contributed by atoms with E-state index in [-0.39, 0.29) is 0 Å². The summed E-state index contributed by atoms with van der Waals surface area (Å²) in [5.74, 6) is -4.95. The minimum absolute atomic E-state index is 0.431. The summed E-state index contributed by atoms with van der Waals surface area (Å²) in [5, 5.41) is 7.99. The van der Waals surface area contributed by atoms with E-state index < -0.39 is 24.1 Å². The fourth-order valence-corrected chi connectivity index (χ4v) is 1.01. The molecule has 0 rings (SSSR count). The normalized spacial score (nSPS) is 11.5. The quantitative estimate of drug-likeness (QED) is 0.694. The largest absolute Gasteiger partial charge is 0.481 e. The van der Waals surface area contributed by atoms with Crippen LogP contribution in [0.25, 0.3) is 0 Å². The van der Waals surface area contributed by atoms with Gasteiger partial charge in [-0.15, -0.1) is 0 Å². The Bertz CT molecular complexity index is 127. The molecule has 0 spiro atoms. The number of halogens is 2. The Morgan fingerprint density at radius 2 is 2.20 bits per heavy atom. The summed E-state index contributed by atoms with van der Waals surface area (Å²) in [5.41, 5.74) is 0. The van der Waals surface area contributed by atoms with E-state index in [1.807, 2.05) is 0 Å². The molecule has 0 aliphatic rings. The molecule has 0 radical (unpaired) electrons. The van der Waals surface area contributed by atoms with Gasteiger partial charge in [0.2, 0.25) is 0 Å². The van der Waals surface area contributed by atoms with Crippen LogP contribution in [0.2, 0.25) is 0 Å².